The summed E-state index contributed by atoms with van der Waals surface area (Å²) in [6, 6.07) is 7.90. The molecule has 1 rings (SSSR count). The van der Waals surface area contributed by atoms with Crippen LogP contribution >= 0.6 is 0 Å². The van der Waals surface area contributed by atoms with Crippen LogP contribution < -0.4 is 0 Å². The Morgan fingerprint density at radius 1 is 1.08 bits per heavy atom. The van der Waals surface area contributed by atoms with Gasteiger partial charge in [-0.1, -0.05) is 45.7 Å². The predicted molar refractivity (Wildman–Crippen MR) is 61.8 cm³/mol. The zero-order valence-corrected chi connectivity index (χ0v) is 9.39. The normalized spacial score (nSPS) is 6.77. The van der Waals surface area contributed by atoms with E-state index in [0.29, 0.717) is 0 Å². The number of rotatable bonds is 0. The monoisotopic (exact) mass is 176 g/mol. The van der Waals surface area contributed by atoms with Gasteiger partial charge in [0.1, 0.15) is 0 Å². The van der Waals surface area contributed by atoms with Gasteiger partial charge in [-0.2, -0.15) is 0 Å². The third kappa shape index (κ3) is 7.15. The van der Waals surface area contributed by atoms with Gasteiger partial charge in [0.25, 0.3) is 0 Å². The Morgan fingerprint density at radius 2 is 1.62 bits per heavy atom. The second kappa shape index (κ2) is 10.8. The van der Waals surface area contributed by atoms with E-state index in [0.717, 1.165) is 5.56 Å². The summed E-state index contributed by atoms with van der Waals surface area (Å²) < 4.78 is 0. The van der Waals surface area contributed by atoms with E-state index >= 15 is 0 Å². The molecule has 0 nitrogen and oxygen atoms in total. The van der Waals surface area contributed by atoms with Crippen molar-refractivity contribution in [2.24, 2.45) is 0 Å². The van der Waals surface area contributed by atoms with Gasteiger partial charge in [0.2, 0.25) is 0 Å². The molecule has 0 spiro atoms. The molecule has 13 heavy (non-hydrogen) atoms. The SMILES string of the molecule is C#Cc1cccc(C)c1.CC.CC. The molecule has 1 aromatic carbocycles. The molecule has 0 saturated carbocycles. The highest BCUT2D eigenvalue weighted by Gasteiger charge is 1.83. The smallest absolute Gasteiger partial charge is 0.0245 e. The maximum Gasteiger partial charge on any atom is 0.0245 e. The van der Waals surface area contributed by atoms with Crippen molar-refractivity contribution in [3.63, 3.8) is 0 Å². The van der Waals surface area contributed by atoms with Crippen LogP contribution in [-0.4, -0.2) is 0 Å². The molecule has 0 radical (unpaired) electrons. The number of terminal acetylenes is 1. The summed E-state index contributed by atoms with van der Waals surface area (Å²) in [5.41, 5.74) is 2.17. The highest BCUT2D eigenvalue weighted by atomic mass is 13.9. The minimum absolute atomic E-state index is 0.954. The number of hydrogen-bond acceptors (Lipinski definition) is 0. The van der Waals surface area contributed by atoms with Crippen molar-refractivity contribution < 1.29 is 0 Å². The second-order valence-electron chi connectivity index (χ2n) is 2.01. The number of hydrogen-bond donors (Lipinski definition) is 0. The molecule has 72 valence electrons. The molecule has 0 heterocycles. The summed E-state index contributed by atoms with van der Waals surface area (Å²) >= 11 is 0. The Labute approximate surface area is 83.0 Å². The Bertz CT molecular complexity index is 240. The van der Waals surface area contributed by atoms with E-state index in [-0.39, 0.29) is 0 Å². The van der Waals surface area contributed by atoms with Crippen molar-refractivity contribution in [1.82, 2.24) is 0 Å². The molecule has 0 atom stereocenters. The number of aryl methyl sites for hydroxylation is 1. The minimum Gasteiger partial charge on any atom is -0.115 e. The van der Waals surface area contributed by atoms with Gasteiger partial charge in [0.15, 0.2) is 0 Å². The minimum atomic E-state index is 0.954. The van der Waals surface area contributed by atoms with Crippen molar-refractivity contribution in [1.29, 1.82) is 0 Å². The van der Waals surface area contributed by atoms with E-state index < -0.39 is 0 Å². The molecular formula is C13H20. The van der Waals surface area contributed by atoms with Crippen molar-refractivity contribution >= 4 is 0 Å². The largest absolute Gasteiger partial charge is 0.115 e. The van der Waals surface area contributed by atoms with Crippen LogP contribution in [0.4, 0.5) is 0 Å². The lowest BCUT2D eigenvalue weighted by Gasteiger charge is -1.90. The van der Waals surface area contributed by atoms with Gasteiger partial charge < -0.3 is 0 Å². The van der Waals surface area contributed by atoms with Crippen LogP contribution in [0.25, 0.3) is 0 Å². The van der Waals surface area contributed by atoms with Crippen molar-refractivity contribution in [3.05, 3.63) is 35.4 Å². The summed E-state index contributed by atoms with van der Waals surface area (Å²) in [6.45, 7) is 10.0. The van der Waals surface area contributed by atoms with Crippen molar-refractivity contribution in [2.45, 2.75) is 34.6 Å². The van der Waals surface area contributed by atoms with Crippen LogP contribution in [-0.2, 0) is 0 Å². The van der Waals surface area contributed by atoms with Crippen LogP contribution in [0, 0.1) is 19.3 Å². The zero-order chi connectivity index (χ0) is 10.7. The van der Waals surface area contributed by atoms with E-state index in [4.69, 9.17) is 6.42 Å². The van der Waals surface area contributed by atoms with E-state index in [1.54, 1.807) is 0 Å². The Morgan fingerprint density at radius 3 is 1.92 bits per heavy atom. The van der Waals surface area contributed by atoms with Gasteiger partial charge in [-0.05, 0) is 24.6 Å². The van der Waals surface area contributed by atoms with E-state index in [1.165, 1.54) is 5.56 Å². The van der Waals surface area contributed by atoms with E-state index in [1.807, 2.05) is 58.9 Å². The average molecular weight is 176 g/mol. The quantitative estimate of drug-likeness (QED) is 0.523. The van der Waals surface area contributed by atoms with Crippen molar-refractivity contribution in [2.75, 3.05) is 0 Å². The molecule has 0 aliphatic carbocycles. The molecule has 1 aromatic rings. The molecule has 0 heteroatoms. The standard InChI is InChI=1S/C9H8.2C2H6/c1-3-9-6-4-5-8(2)7-9;2*1-2/h1,4-7H,2H3;2*1-2H3. The summed E-state index contributed by atoms with van der Waals surface area (Å²) in [4.78, 5) is 0. The van der Waals surface area contributed by atoms with E-state index in [2.05, 4.69) is 5.92 Å². The van der Waals surface area contributed by atoms with E-state index in [9.17, 15) is 0 Å². The lowest BCUT2D eigenvalue weighted by molar-refractivity contribution is 1.46. The van der Waals surface area contributed by atoms with Crippen LogP contribution in [0.3, 0.4) is 0 Å². The lowest BCUT2D eigenvalue weighted by atomic mass is 10.1. The van der Waals surface area contributed by atoms with Crippen LogP contribution in [0.5, 0.6) is 0 Å². The molecule has 0 aliphatic heterocycles. The Kier molecular flexibility index (Phi) is 11.9. The maximum absolute atomic E-state index is 5.17. The van der Waals surface area contributed by atoms with Gasteiger partial charge in [0.05, 0.1) is 0 Å². The number of benzene rings is 1. The Hall–Kier alpha value is -1.22. The Balaban J connectivity index is 0. The van der Waals surface area contributed by atoms with Gasteiger partial charge in [-0.25, -0.2) is 0 Å². The first-order valence-corrected chi connectivity index (χ1v) is 4.86. The fourth-order valence-electron chi connectivity index (χ4n) is 0.735. The fraction of sp³-hybridized carbons (Fsp3) is 0.385. The summed E-state index contributed by atoms with van der Waals surface area (Å²) in [6.07, 6.45) is 5.17. The van der Waals surface area contributed by atoms with Gasteiger partial charge in [-0.3, -0.25) is 0 Å². The summed E-state index contributed by atoms with van der Waals surface area (Å²) in [5, 5.41) is 0. The van der Waals surface area contributed by atoms with Gasteiger partial charge in [0, 0.05) is 5.56 Å². The zero-order valence-electron chi connectivity index (χ0n) is 9.39. The molecular weight excluding hydrogens is 156 g/mol. The summed E-state index contributed by atoms with van der Waals surface area (Å²) in [5.74, 6) is 2.57. The molecule has 0 fully saturated rings. The highest BCUT2D eigenvalue weighted by Crippen LogP contribution is 2.00. The molecule has 0 N–H and O–H groups in total. The third-order valence-electron chi connectivity index (χ3n) is 1.18. The molecule has 0 aliphatic rings. The first kappa shape index (κ1) is 14.3. The molecule has 0 unspecified atom stereocenters. The average Bonchev–Trinajstić information content (AvgIpc) is 2.24. The summed E-state index contributed by atoms with van der Waals surface area (Å²) in [7, 11) is 0. The van der Waals surface area contributed by atoms with Crippen molar-refractivity contribution in [3.8, 4) is 12.3 Å². The van der Waals surface area contributed by atoms with Crippen LogP contribution in [0.15, 0.2) is 24.3 Å². The maximum atomic E-state index is 5.17. The molecule has 0 saturated heterocycles. The van der Waals surface area contributed by atoms with Crippen LogP contribution in [0.1, 0.15) is 38.8 Å². The van der Waals surface area contributed by atoms with Gasteiger partial charge in [-0.15, -0.1) is 6.42 Å². The highest BCUT2D eigenvalue weighted by molar-refractivity contribution is 5.34. The molecule has 0 aromatic heterocycles. The fourth-order valence-corrected chi connectivity index (χ4v) is 0.735. The topological polar surface area (TPSA) is 0 Å². The van der Waals surface area contributed by atoms with Crippen LogP contribution in [0.2, 0.25) is 0 Å². The third-order valence-corrected chi connectivity index (χ3v) is 1.18. The first-order chi connectivity index (χ1) is 6.33. The molecule has 0 bridgehead atoms. The first-order valence-electron chi connectivity index (χ1n) is 4.86. The second-order valence-corrected chi connectivity index (χ2v) is 2.01. The van der Waals surface area contributed by atoms with Gasteiger partial charge >= 0.3 is 0 Å². The molecule has 0 amide bonds. The predicted octanol–water partition coefficient (Wildman–Crippen LogP) is 4.03. The lowest BCUT2D eigenvalue weighted by Crippen LogP contribution is -1.73.